The summed E-state index contributed by atoms with van der Waals surface area (Å²) < 4.78 is 16.8. The predicted molar refractivity (Wildman–Crippen MR) is 311 cm³/mol. The second-order valence-corrected chi connectivity index (χ2v) is 18.9. The molecule has 0 aromatic heterocycles. The highest BCUT2D eigenvalue weighted by Crippen LogP contribution is 2.14. The van der Waals surface area contributed by atoms with E-state index >= 15 is 0 Å². The predicted octanol–water partition coefficient (Wildman–Crippen LogP) is 19.8. The molecule has 0 saturated heterocycles. The summed E-state index contributed by atoms with van der Waals surface area (Å²) in [7, 11) is 0. The molecule has 0 N–H and O–H groups in total. The molecular weight excluding hydrogens is 889 g/mol. The van der Waals surface area contributed by atoms with Crippen molar-refractivity contribution in [3.63, 3.8) is 0 Å². The molecule has 406 valence electrons. The van der Waals surface area contributed by atoms with Crippen LogP contribution in [0.4, 0.5) is 0 Å². The van der Waals surface area contributed by atoms with Crippen molar-refractivity contribution in [1.82, 2.24) is 0 Å². The van der Waals surface area contributed by atoms with Crippen LogP contribution in [0.1, 0.15) is 245 Å². The average molecular weight is 996 g/mol. The van der Waals surface area contributed by atoms with E-state index in [2.05, 4.69) is 130 Å². The molecule has 0 aliphatic carbocycles. The smallest absolute Gasteiger partial charge is 0.306 e. The highest BCUT2D eigenvalue weighted by Gasteiger charge is 2.19. The van der Waals surface area contributed by atoms with Gasteiger partial charge in [0.1, 0.15) is 13.2 Å². The number of carbonyl (C=O) groups excluding carboxylic acids is 3. The van der Waals surface area contributed by atoms with Crippen molar-refractivity contribution >= 4 is 17.9 Å². The molecule has 0 radical (unpaired) electrons. The van der Waals surface area contributed by atoms with Gasteiger partial charge in [-0.2, -0.15) is 0 Å². The number of carbonyl (C=O) groups is 3. The molecule has 0 aliphatic heterocycles. The highest BCUT2D eigenvalue weighted by atomic mass is 16.6. The van der Waals surface area contributed by atoms with Gasteiger partial charge in [0.15, 0.2) is 6.10 Å². The van der Waals surface area contributed by atoms with Crippen molar-refractivity contribution < 1.29 is 28.6 Å². The first-order valence-corrected chi connectivity index (χ1v) is 29.3. The third-order valence-electron chi connectivity index (χ3n) is 12.0. The van der Waals surface area contributed by atoms with Crippen molar-refractivity contribution in [2.45, 2.75) is 252 Å². The monoisotopic (exact) mass is 995 g/mol. The Bertz CT molecular complexity index is 1560. The van der Waals surface area contributed by atoms with Gasteiger partial charge in [0.25, 0.3) is 0 Å². The van der Waals surface area contributed by atoms with E-state index in [4.69, 9.17) is 14.2 Å². The summed E-state index contributed by atoms with van der Waals surface area (Å²) in [5.41, 5.74) is 0. The van der Waals surface area contributed by atoms with Gasteiger partial charge in [-0.3, -0.25) is 14.4 Å². The lowest BCUT2D eigenvalue weighted by molar-refractivity contribution is -0.167. The second-order valence-electron chi connectivity index (χ2n) is 18.9. The summed E-state index contributed by atoms with van der Waals surface area (Å²) >= 11 is 0. The van der Waals surface area contributed by atoms with E-state index in [1.54, 1.807) is 0 Å². The van der Waals surface area contributed by atoms with Crippen LogP contribution in [0, 0.1) is 0 Å². The van der Waals surface area contributed by atoms with Gasteiger partial charge >= 0.3 is 17.9 Å². The van der Waals surface area contributed by atoms with Crippen molar-refractivity contribution in [1.29, 1.82) is 0 Å². The van der Waals surface area contributed by atoms with Crippen LogP contribution in [0.3, 0.4) is 0 Å². The minimum atomic E-state index is -0.813. The number of unbranched alkanes of at least 4 members (excludes halogenated alkanes) is 22. The molecule has 0 heterocycles. The van der Waals surface area contributed by atoms with Crippen molar-refractivity contribution in [2.75, 3.05) is 13.2 Å². The number of allylic oxidation sites excluding steroid dienone is 22. The fourth-order valence-corrected chi connectivity index (χ4v) is 7.61. The summed E-state index contributed by atoms with van der Waals surface area (Å²) in [5.74, 6) is -0.971. The molecule has 0 amide bonds. The van der Waals surface area contributed by atoms with Crippen LogP contribution in [-0.2, 0) is 28.6 Å². The van der Waals surface area contributed by atoms with Gasteiger partial charge < -0.3 is 14.2 Å². The summed E-state index contributed by atoms with van der Waals surface area (Å²) in [6, 6.07) is 0. The maximum absolute atomic E-state index is 12.9. The zero-order valence-corrected chi connectivity index (χ0v) is 46.4. The Hall–Kier alpha value is -4.45. The molecule has 1 unspecified atom stereocenters. The normalized spacial score (nSPS) is 13.1. The third-order valence-corrected chi connectivity index (χ3v) is 12.0. The van der Waals surface area contributed by atoms with Crippen LogP contribution < -0.4 is 0 Å². The van der Waals surface area contributed by atoms with Gasteiger partial charge in [-0.15, -0.1) is 0 Å². The van der Waals surface area contributed by atoms with Crippen LogP contribution in [0.25, 0.3) is 0 Å². The Morgan fingerprint density at radius 1 is 0.306 bits per heavy atom. The Morgan fingerprint density at radius 3 is 1.06 bits per heavy atom. The van der Waals surface area contributed by atoms with Crippen LogP contribution >= 0.6 is 0 Å². The van der Waals surface area contributed by atoms with Gasteiger partial charge in [-0.1, -0.05) is 251 Å². The molecule has 0 rings (SSSR count). The molecule has 0 spiro atoms. The molecule has 6 nitrogen and oxygen atoms in total. The summed E-state index contributed by atoms with van der Waals surface area (Å²) in [4.78, 5) is 38.2. The minimum absolute atomic E-state index is 0.106. The van der Waals surface area contributed by atoms with Crippen LogP contribution in [0.2, 0.25) is 0 Å². The largest absolute Gasteiger partial charge is 0.462 e. The average Bonchev–Trinajstić information content (AvgIpc) is 3.38. The van der Waals surface area contributed by atoms with E-state index in [1.165, 1.54) is 83.5 Å². The Kier molecular flexibility index (Phi) is 55.5. The molecule has 0 bridgehead atoms. The first-order chi connectivity index (χ1) is 35.5. The fourth-order valence-electron chi connectivity index (χ4n) is 7.61. The molecule has 72 heavy (non-hydrogen) atoms. The van der Waals surface area contributed by atoms with Crippen LogP contribution in [0.5, 0.6) is 0 Å². The van der Waals surface area contributed by atoms with E-state index < -0.39 is 6.10 Å². The zero-order valence-electron chi connectivity index (χ0n) is 46.4. The number of hydrogen-bond donors (Lipinski definition) is 0. The van der Waals surface area contributed by atoms with Gasteiger partial charge in [-0.25, -0.2) is 0 Å². The van der Waals surface area contributed by atoms with E-state index in [9.17, 15) is 14.4 Å². The number of hydrogen-bond acceptors (Lipinski definition) is 6. The Morgan fingerprint density at radius 2 is 0.625 bits per heavy atom. The Balaban J connectivity index is 4.54. The molecule has 0 aromatic rings. The van der Waals surface area contributed by atoms with Crippen molar-refractivity contribution in [2.24, 2.45) is 0 Å². The number of ether oxygens (including phenoxy) is 3. The first-order valence-electron chi connectivity index (χ1n) is 29.3. The molecule has 0 fully saturated rings. The molecule has 0 aromatic carbocycles. The minimum Gasteiger partial charge on any atom is -0.462 e. The third kappa shape index (κ3) is 56.5. The maximum Gasteiger partial charge on any atom is 0.306 e. The van der Waals surface area contributed by atoms with Crippen molar-refractivity contribution in [3.05, 3.63) is 134 Å². The molecule has 1 atom stereocenters. The lowest BCUT2D eigenvalue weighted by Crippen LogP contribution is -2.30. The van der Waals surface area contributed by atoms with E-state index in [-0.39, 0.29) is 37.5 Å². The number of rotatable bonds is 51. The maximum atomic E-state index is 12.9. The lowest BCUT2D eigenvalue weighted by atomic mass is 10.1. The molecule has 6 heteroatoms. The fraction of sp³-hybridized carbons (Fsp3) is 0.621. The highest BCUT2D eigenvalue weighted by molar-refractivity contribution is 5.71. The van der Waals surface area contributed by atoms with E-state index in [0.29, 0.717) is 12.8 Å². The van der Waals surface area contributed by atoms with Crippen molar-refractivity contribution in [3.8, 4) is 0 Å². The van der Waals surface area contributed by atoms with Gasteiger partial charge in [0.05, 0.1) is 0 Å². The molecular formula is C66H106O6. The topological polar surface area (TPSA) is 78.9 Å². The first kappa shape index (κ1) is 67.5. The quantitative estimate of drug-likeness (QED) is 0.0199. The van der Waals surface area contributed by atoms with E-state index in [1.807, 2.05) is 24.3 Å². The Labute approximate surface area is 443 Å². The standard InChI is InChI=1S/C66H106O6/c1-4-7-10-13-16-19-22-25-28-31-33-36-38-41-44-47-50-53-56-59-65(68)71-62-63(61-70-64(67)58-55-52-49-46-43-40-37-34-30-27-24-21-18-15-12-9-6-3)72-66(69)60-57-54-51-48-45-42-39-35-32-29-26-23-20-17-14-11-8-5-2/h7,10-11,14,16-17,19-20,23,25-30,32-33,35-36,39,41,44,63H,4-6,8-9,12-13,15,18,21-22,24,31,34,37-38,40,42-43,45-62H2,1-3H3/b10-7-,14-11-,19-16-,20-17-,26-23-,28-25-,30-27-,32-29-,36-33-,39-35-,44-41-. The lowest BCUT2D eigenvalue weighted by Gasteiger charge is -2.18. The number of esters is 3. The van der Waals surface area contributed by atoms with Crippen LogP contribution in [0.15, 0.2) is 134 Å². The zero-order chi connectivity index (χ0) is 52.2. The van der Waals surface area contributed by atoms with E-state index in [0.717, 1.165) is 122 Å². The SMILES string of the molecule is CC/C=C\C/C=C\C/C=C\C/C=C\C/C=C\CCCCCC(=O)OCC(COC(=O)CCCCCCCCC/C=C\CCCCCCCC)OC(=O)CCCCCCC\C=C/C=C\C=C/C=C\C=C/CCC. The molecule has 0 aliphatic rings. The molecule has 0 saturated carbocycles. The summed E-state index contributed by atoms with van der Waals surface area (Å²) in [6.45, 7) is 6.38. The van der Waals surface area contributed by atoms with Gasteiger partial charge in [0, 0.05) is 19.3 Å². The van der Waals surface area contributed by atoms with Gasteiger partial charge in [-0.05, 0) is 109 Å². The summed E-state index contributed by atoms with van der Waals surface area (Å²) in [6.07, 6.45) is 82.9. The van der Waals surface area contributed by atoms with Gasteiger partial charge in [0.2, 0.25) is 0 Å². The summed E-state index contributed by atoms with van der Waals surface area (Å²) in [5, 5.41) is 0. The van der Waals surface area contributed by atoms with Crippen LogP contribution in [-0.4, -0.2) is 37.2 Å². The second kappa shape index (κ2) is 59.1.